The minimum absolute atomic E-state index is 0.260. The molecule has 2 heterocycles. The molecule has 1 fully saturated rings. The van der Waals surface area contributed by atoms with Gasteiger partial charge in [-0.05, 0) is 56.0 Å². The summed E-state index contributed by atoms with van der Waals surface area (Å²) in [5.74, 6) is 0.165. The van der Waals surface area contributed by atoms with Crippen LogP contribution in [0.4, 0.5) is 5.69 Å². The Hall–Kier alpha value is -2.60. The number of hydrogen-bond acceptors (Lipinski definition) is 4. The second kappa shape index (κ2) is 8.86. The average Bonchev–Trinajstić information content (AvgIpc) is 3.18. The Labute approximate surface area is 159 Å². The summed E-state index contributed by atoms with van der Waals surface area (Å²) in [4.78, 5) is 26.8. The Morgan fingerprint density at radius 1 is 1.26 bits per heavy atom. The molecule has 6 heteroatoms. The number of amides is 2. The normalized spacial score (nSPS) is 18.7. The highest BCUT2D eigenvalue weighted by molar-refractivity contribution is 6.00. The van der Waals surface area contributed by atoms with Crippen LogP contribution >= 0.6 is 0 Å². The maximum Gasteiger partial charge on any atom is 0.255 e. The second-order valence-electron chi connectivity index (χ2n) is 7.38. The van der Waals surface area contributed by atoms with E-state index in [-0.39, 0.29) is 11.8 Å². The van der Waals surface area contributed by atoms with Crippen molar-refractivity contribution in [1.82, 2.24) is 10.2 Å². The zero-order chi connectivity index (χ0) is 19.2. The van der Waals surface area contributed by atoms with E-state index in [0.717, 1.165) is 31.2 Å². The number of hydrogen-bond donors (Lipinski definition) is 2. The van der Waals surface area contributed by atoms with Gasteiger partial charge < -0.3 is 15.1 Å². The van der Waals surface area contributed by atoms with E-state index in [1.54, 1.807) is 13.0 Å². The quantitative estimate of drug-likeness (QED) is 0.820. The van der Waals surface area contributed by atoms with Crippen molar-refractivity contribution in [2.45, 2.75) is 39.3 Å². The first-order valence-electron chi connectivity index (χ1n) is 9.46. The molecule has 1 aliphatic rings. The van der Waals surface area contributed by atoms with Gasteiger partial charge in [0.2, 0.25) is 5.91 Å². The van der Waals surface area contributed by atoms with Crippen molar-refractivity contribution >= 4 is 17.5 Å². The third-order valence-corrected chi connectivity index (χ3v) is 4.89. The summed E-state index contributed by atoms with van der Waals surface area (Å²) < 4.78 is 4.88. The van der Waals surface area contributed by atoms with Crippen LogP contribution in [0.2, 0.25) is 0 Å². The molecule has 3 rings (SSSR count). The molecule has 1 aliphatic heterocycles. The van der Waals surface area contributed by atoms with Gasteiger partial charge >= 0.3 is 0 Å². The van der Waals surface area contributed by atoms with E-state index in [9.17, 15) is 9.59 Å². The van der Waals surface area contributed by atoms with Crippen molar-refractivity contribution in [2.24, 2.45) is 5.92 Å². The van der Waals surface area contributed by atoms with Crippen LogP contribution in [-0.2, 0) is 11.3 Å². The molecule has 1 aromatic heterocycles. The van der Waals surface area contributed by atoms with Gasteiger partial charge in [-0.1, -0.05) is 19.1 Å². The molecule has 0 unspecified atom stereocenters. The number of anilines is 1. The molecule has 1 aromatic carbocycles. The van der Waals surface area contributed by atoms with Gasteiger partial charge in [0.15, 0.2) is 0 Å². The molecule has 0 radical (unpaired) electrons. The van der Waals surface area contributed by atoms with Gasteiger partial charge in [-0.3, -0.25) is 14.5 Å². The van der Waals surface area contributed by atoms with E-state index >= 15 is 0 Å². The number of piperidine rings is 1. The number of carbonyl (C=O) groups excluding carboxylic acids is 2. The zero-order valence-electron chi connectivity index (χ0n) is 15.9. The number of nitrogens with one attached hydrogen (secondary N) is 2. The monoisotopic (exact) mass is 369 g/mol. The minimum Gasteiger partial charge on any atom is -0.472 e. The summed E-state index contributed by atoms with van der Waals surface area (Å²) in [6.45, 7) is 7.19. The van der Waals surface area contributed by atoms with Gasteiger partial charge in [-0.15, -0.1) is 0 Å². The maximum absolute atomic E-state index is 12.3. The van der Waals surface area contributed by atoms with Crippen molar-refractivity contribution in [3.05, 3.63) is 54.0 Å². The smallest absolute Gasteiger partial charge is 0.255 e. The molecule has 0 spiro atoms. The first-order chi connectivity index (χ1) is 13.0. The summed E-state index contributed by atoms with van der Waals surface area (Å²) in [5, 5.41) is 5.49. The fraction of sp³-hybridized carbons (Fsp3) is 0.429. The number of likely N-dealkylation sites (tertiary alicyclic amines) is 1. The Morgan fingerprint density at radius 2 is 2.04 bits per heavy atom. The second-order valence-corrected chi connectivity index (χ2v) is 7.38. The lowest BCUT2D eigenvalue weighted by Gasteiger charge is -2.30. The average molecular weight is 369 g/mol. The lowest BCUT2D eigenvalue weighted by atomic mass is 10.00. The number of benzene rings is 1. The summed E-state index contributed by atoms with van der Waals surface area (Å²) in [6.07, 6.45) is 5.35. The maximum atomic E-state index is 12.3. The first kappa shape index (κ1) is 19.2. The molecular weight excluding hydrogens is 342 g/mol. The van der Waals surface area contributed by atoms with Crippen molar-refractivity contribution in [3.8, 4) is 0 Å². The standard InChI is InChI=1S/C21H27N3O3/c1-15-4-3-10-24(12-15)13-17-5-7-19(8-6-17)23-20(25)16(2)22-21(26)18-9-11-27-14-18/h5-9,11,14-16H,3-4,10,12-13H2,1-2H3,(H,22,26)(H,23,25)/t15-,16-/m1/s1. The van der Waals surface area contributed by atoms with Gasteiger partial charge in [0.05, 0.1) is 11.8 Å². The Morgan fingerprint density at radius 3 is 2.70 bits per heavy atom. The fourth-order valence-corrected chi connectivity index (χ4v) is 3.37. The van der Waals surface area contributed by atoms with E-state index in [2.05, 4.69) is 22.5 Å². The molecule has 0 bridgehead atoms. The van der Waals surface area contributed by atoms with E-state index in [1.165, 1.54) is 30.9 Å². The summed E-state index contributed by atoms with van der Waals surface area (Å²) in [5.41, 5.74) is 2.36. The van der Waals surface area contributed by atoms with Gasteiger partial charge in [0.1, 0.15) is 12.3 Å². The van der Waals surface area contributed by atoms with Crippen molar-refractivity contribution in [3.63, 3.8) is 0 Å². The van der Waals surface area contributed by atoms with Crippen molar-refractivity contribution in [1.29, 1.82) is 0 Å². The highest BCUT2D eigenvalue weighted by Gasteiger charge is 2.18. The predicted octanol–water partition coefficient (Wildman–Crippen LogP) is 3.27. The lowest BCUT2D eigenvalue weighted by molar-refractivity contribution is -0.117. The summed E-state index contributed by atoms with van der Waals surface area (Å²) in [6, 6.07) is 8.81. The predicted molar refractivity (Wildman–Crippen MR) is 104 cm³/mol. The SMILES string of the molecule is C[C@@H]1CCCN(Cc2ccc(NC(=O)[C@@H](C)NC(=O)c3ccoc3)cc2)C1. The van der Waals surface area contributed by atoms with Crippen molar-refractivity contribution < 1.29 is 14.0 Å². The van der Waals surface area contributed by atoms with Crippen LogP contribution in [-0.4, -0.2) is 35.8 Å². The zero-order valence-corrected chi connectivity index (χ0v) is 15.9. The number of carbonyl (C=O) groups is 2. The lowest BCUT2D eigenvalue weighted by Crippen LogP contribution is -2.41. The van der Waals surface area contributed by atoms with E-state index in [1.807, 2.05) is 24.3 Å². The van der Waals surface area contributed by atoms with Gasteiger partial charge in [-0.2, -0.15) is 0 Å². The number of furan rings is 1. The van der Waals surface area contributed by atoms with Crippen molar-refractivity contribution in [2.75, 3.05) is 18.4 Å². The van der Waals surface area contributed by atoms with Crippen LogP contribution in [0, 0.1) is 5.92 Å². The number of rotatable bonds is 6. The highest BCUT2D eigenvalue weighted by atomic mass is 16.3. The van der Waals surface area contributed by atoms with E-state index in [0.29, 0.717) is 5.56 Å². The third kappa shape index (κ3) is 5.44. The van der Waals surface area contributed by atoms with E-state index < -0.39 is 6.04 Å². The Kier molecular flexibility index (Phi) is 6.29. The van der Waals surface area contributed by atoms with Crippen LogP contribution < -0.4 is 10.6 Å². The van der Waals surface area contributed by atoms with Gasteiger partial charge in [-0.25, -0.2) is 0 Å². The Balaban J connectivity index is 1.49. The molecular formula is C21H27N3O3. The number of nitrogens with zero attached hydrogens (tertiary/aromatic N) is 1. The van der Waals surface area contributed by atoms with Gasteiger partial charge in [0.25, 0.3) is 5.91 Å². The molecule has 1 saturated heterocycles. The largest absolute Gasteiger partial charge is 0.472 e. The molecule has 6 nitrogen and oxygen atoms in total. The molecule has 2 amide bonds. The molecule has 2 N–H and O–H groups in total. The van der Waals surface area contributed by atoms with Crippen LogP contribution in [0.25, 0.3) is 0 Å². The van der Waals surface area contributed by atoms with Gasteiger partial charge in [0, 0.05) is 18.8 Å². The first-order valence-corrected chi connectivity index (χ1v) is 9.46. The van der Waals surface area contributed by atoms with E-state index in [4.69, 9.17) is 4.42 Å². The minimum atomic E-state index is -0.651. The topological polar surface area (TPSA) is 74.6 Å². The molecule has 2 aromatic rings. The van der Waals surface area contributed by atoms with Crippen LogP contribution in [0.1, 0.15) is 42.6 Å². The van der Waals surface area contributed by atoms with Crippen LogP contribution in [0.5, 0.6) is 0 Å². The molecule has 0 aliphatic carbocycles. The van der Waals surface area contributed by atoms with Crippen LogP contribution in [0.3, 0.4) is 0 Å². The molecule has 0 saturated carbocycles. The highest BCUT2D eigenvalue weighted by Crippen LogP contribution is 2.19. The summed E-state index contributed by atoms with van der Waals surface area (Å²) in [7, 11) is 0. The molecule has 144 valence electrons. The summed E-state index contributed by atoms with van der Waals surface area (Å²) >= 11 is 0. The third-order valence-electron chi connectivity index (χ3n) is 4.89. The van der Waals surface area contributed by atoms with Crippen LogP contribution in [0.15, 0.2) is 47.3 Å². The Bertz CT molecular complexity index is 755. The molecule has 27 heavy (non-hydrogen) atoms. The fourth-order valence-electron chi connectivity index (χ4n) is 3.37. The molecule has 2 atom stereocenters.